The van der Waals surface area contributed by atoms with Gasteiger partial charge in [0, 0.05) is 19.5 Å². The number of allylic oxidation sites excluding steroid dienone is 2. The van der Waals surface area contributed by atoms with Crippen LogP contribution in [0.15, 0.2) is 66.7 Å². The summed E-state index contributed by atoms with van der Waals surface area (Å²) in [5.74, 6) is -1.71. The normalized spacial score (nSPS) is 20.5. The summed E-state index contributed by atoms with van der Waals surface area (Å²) in [6.07, 6.45) is 6.09. The lowest BCUT2D eigenvalue weighted by Crippen LogP contribution is -2.50. The molecule has 0 saturated carbocycles. The molecule has 172 valence electrons. The predicted octanol–water partition coefficient (Wildman–Crippen LogP) is 3.05. The Balaban J connectivity index is 1.46. The minimum atomic E-state index is -0.798. The fraction of sp³-hybridized carbons (Fsp3) is 0.370. The largest absolute Gasteiger partial charge is 0.467 e. The van der Waals surface area contributed by atoms with Gasteiger partial charge >= 0.3 is 5.97 Å². The number of carbonyl (C=O) groups is 3. The maximum absolute atomic E-state index is 13.5. The number of rotatable bonds is 6. The Morgan fingerprint density at radius 2 is 1.64 bits per heavy atom. The molecule has 0 bridgehead atoms. The monoisotopic (exact) mass is 446 g/mol. The molecule has 3 atom stereocenters. The van der Waals surface area contributed by atoms with Crippen molar-refractivity contribution in [3.8, 4) is 0 Å². The van der Waals surface area contributed by atoms with Crippen LogP contribution >= 0.6 is 0 Å². The summed E-state index contributed by atoms with van der Waals surface area (Å²) in [5, 5.41) is 2.87. The van der Waals surface area contributed by atoms with Gasteiger partial charge in [0.2, 0.25) is 11.8 Å². The van der Waals surface area contributed by atoms with E-state index in [2.05, 4.69) is 17.4 Å². The Morgan fingerprint density at radius 3 is 2.36 bits per heavy atom. The second-order valence-electron chi connectivity index (χ2n) is 8.71. The van der Waals surface area contributed by atoms with Crippen molar-refractivity contribution in [1.82, 2.24) is 10.2 Å². The number of hydrogen-bond donors (Lipinski definition) is 1. The standard InChI is InChI=1S/C27H30N2O4/c1-33-27(32)24(17-19-9-3-2-4-10-19)28-25(30)22-13-7-8-14-23(22)26(31)29-16-15-20-11-5-6-12-21(20)18-29/h2-12,22-24H,13-18H2,1H3,(H,28,30). The number of ether oxygens (including phenoxy) is 1. The number of hydrogen-bond acceptors (Lipinski definition) is 4. The number of carbonyl (C=O) groups excluding carboxylic acids is 3. The van der Waals surface area contributed by atoms with Gasteiger partial charge in [0.15, 0.2) is 0 Å². The van der Waals surface area contributed by atoms with Crippen LogP contribution in [0.1, 0.15) is 29.5 Å². The zero-order valence-electron chi connectivity index (χ0n) is 18.9. The lowest BCUT2D eigenvalue weighted by atomic mass is 9.80. The van der Waals surface area contributed by atoms with E-state index in [4.69, 9.17) is 4.74 Å². The topological polar surface area (TPSA) is 75.7 Å². The van der Waals surface area contributed by atoms with Crippen molar-refractivity contribution < 1.29 is 19.1 Å². The first-order valence-corrected chi connectivity index (χ1v) is 11.5. The van der Waals surface area contributed by atoms with Gasteiger partial charge in [-0.3, -0.25) is 9.59 Å². The van der Waals surface area contributed by atoms with E-state index in [0.29, 0.717) is 32.4 Å². The summed E-state index contributed by atoms with van der Waals surface area (Å²) in [6, 6.07) is 16.9. The van der Waals surface area contributed by atoms with Gasteiger partial charge in [0.05, 0.1) is 18.9 Å². The minimum absolute atomic E-state index is 0.00619. The van der Waals surface area contributed by atoms with E-state index in [1.165, 1.54) is 12.7 Å². The lowest BCUT2D eigenvalue weighted by molar-refractivity contribution is -0.147. The third-order valence-corrected chi connectivity index (χ3v) is 6.61. The molecule has 0 aromatic heterocycles. The third kappa shape index (κ3) is 5.33. The fourth-order valence-corrected chi connectivity index (χ4v) is 4.76. The number of fused-ring (bicyclic) bond motifs is 1. The van der Waals surface area contributed by atoms with Gasteiger partial charge in [-0.05, 0) is 36.0 Å². The maximum atomic E-state index is 13.5. The van der Waals surface area contributed by atoms with Gasteiger partial charge in [0.1, 0.15) is 6.04 Å². The summed E-state index contributed by atoms with van der Waals surface area (Å²) >= 11 is 0. The van der Waals surface area contributed by atoms with Gasteiger partial charge in [-0.25, -0.2) is 4.79 Å². The smallest absolute Gasteiger partial charge is 0.328 e. The maximum Gasteiger partial charge on any atom is 0.328 e. The van der Waals surface area contributed by atoms with Crippen molar-refractivity contribution in [3.05, 3.63) is 83.4 Å². The van der Waals surface area contributed by atoms with Crippen LogP contribution in [0, 0.1) is 11.8 Å². The lowest BCUT2D eigenvalue weighted by Gasteiger charge is -2.35. The number of benzene rings is 2. The molecule has 0 fully saturated rings. The quantitative estimate of drug-likeness (QED) is 0.547. The average molecular weight is 447 g/mol. The third-order valence-electron chi connectivity index (χ3n) is 6.61. The van der Waals surface area contributed by atoms with Crippen molar-refractivity contribution in [2.75, 3.05) is 13.7 Å². The number of methoxy groups -OCH3 is 1. The van der Waals surface area contributed by atoms with Crippen LogP contribution in [-0.4, -0.2) is 42.4 Å². The van der Waals surface area contributed by atoms with E-state index < -0.39 is 23.8 Å². The molecule has 1 aliphatic carbocycles. The molecule has 6 heteroatoms. The predicted molar refractivity (Wildman–Crippen MR) is 125 cm³/mol. The molecule has 0 saturated heterocycles. The highest BCUT2D eigenvalue weighted by Gasteiger charge is 2.38. The summed E-state index contributed by atoms with van der Waals surface area (Å²) in [5.41, 5.74) is 3.37. The summed E-state index contributed by atoms with van der Waals surface area (Å²) < 4.78 is 4.93. The molecular weight excluding hydrogens is 416 g/mol. The SMILES string of the molecule is COC(=O)C(Cc1ccccc1)NC(=O)C1CC=CCC1C(=O)N1CCc2ccccc2C1. The van der Waals surface area contributed by atoms with Crippen molar-refractivity contribution in [1.29, 1.82) is 0 Å². The molecule has 0 radical (unpaired) electrons. The van der Waals surface area contributed by atoms with Gasteiger partial charge in [-0.2, -0.15) is 0 Å². The van der Waals surface area contributed by atoms with Gasteiger partial charge in [0.25, 0.3) is 0 Å². The van der Waals surface area contributed by atoms with Crippen LogP contribution in [-0.2, 0) is 38.5 Å². The first-order chi connectivity index (χ1) is 16.1. The van der Waals surface area contributed by atoms with Crippen molar-refractivity contribution in [2.45, 2.75) is 38.3 Å². The molecule has 2 aromatic rings. The molecule has 33 heavy (non-hydrogen) atoms. The Labute approximate surface area is 194 Å². The number of nitrogens with zero attached hydrogens (tertiary/aromatic N) is 1. The van der Waals surface area contributed by atoms with Crippen LogP contribution in [0.2, 0.25) is 0 Å². The van der Waals surface area contributed by atoms with E-state index in [1.807, 2.05) is 59.5 Å². The van der Waals surface area contributed by atoms with Crippen molar-refractivity contribution >= 4 is 17.8 Å². The van der Waals surface area contributed by atoms with Crippen molar-refractivity contribution in [2.24, 2.45) is 11.8 Å². The minimum Gasteiger partial charge on any atom is -0.467 e. The van der Waals surface area contributed by atoms with E-state index in [-0.39, 0.29) is 11.8 Å². The van der Waals surface area contributed by atoms with Crippen LogP contribution in [0.3, 0.4) is 0 Å². The summed E-state index contributed by atoms with van der Waals surface area (Å²) in [7, 11) is 1.32. The van der Waals surface area contributed by atoms with E-state index >= 15 is 0 Å². The Hall–Kier alpha value is -3.41. The molecule has 1 aliphatic heterocycles. The van der Waals surface area contributed by atoms with Crippen molar-refractivity contribution in [3.63, 3.8) is 0 Å². The second kappa shape index (κ2) is 10.5. The molecule has 2 aromatic carbocycles. The Bertz CT molecular complexity index is 1030. The second-order valence-corrected chi connectivity index (χ2v) is 8.71. The fourth-order valence-electron chi connectivity index (χ4n) is 4.76. The summed E-state index contributed by atoms with van der Waals surface area (Å²) in [4.78, 5) is 41.0. The molecule has 3 unspecified atom stereocenters. The number of amides is 2. The first-order valence-electron chi connectivity index (χ1n) is 11.5. The molecular formula is C27H30N2O4. The molecule has 6 nitrogen and oxygen atoms in total. The van der Waals surface area contributed by atoms with Crippen LogP contribution in [0.4, 0.5) is 0 Å². The first kappa shape index (κ1) is 22.8. The zero-order chi connectivity index (χ0) is 23.2. The molecule has 2 aliphatic rings. The van der Waals surface area contributed by atoms with Gasteiger partial charge < -0.3 is 15.0 Å². The van der Waals surface area contributed by atoms with Crippen LogP contribution < -0.4 is 5.32 Å². The average Bonchev–Trinajstić information content (AvgIpc) is 2.87. The molecule has 0 spiro atoms. The highest BCUT2D eigenvalue weighted by Crippen LogP contribution is 2.30. The zero-order valence-corrected chi connectivity index (χ0v) is 18.9. The molecule has 4 rings (SSSR count). The van der Waals surface area contributed by atoms with E-state index in [0.717, 1.165) is 17.5 Å². The van der Waals surface area contributed by atoms with Crippen LogP contribution in [0.25, 0.3) is 0 Å². The number of nitrogens with one attached hydrogen (secondary N) is 1. The Morgan fingerprint density at radius 1 is 0.970 bits per heavy atom. The Kier molecular flexibility index (Phi) is 7.23. The van der Waals surface area contributed by atoms with E-state index in [9.17, 15) is 14.4 Å². The van der Waals surface area contributed by atoms with E-state index in [1.54, 1.807) is 0 Å². The van der Waals surface area contributed by atoms with Gasteiger partial charge in [-0.15, -0.1) is 0 Å². The highest BCUT2D eigenvalue weighted by atomic mass is 16.5. The van der Waals surface area contributed by atoms with Gasteiger partial charge in [-0.1, -0.05) is 66.7 Å². The summed E-state index contributed by atoms with van der Waals surface area (Å²) in [6.45, 7) is 1.23. The molecule has 1 N–H and O–H groups in total. The number of esters is 1. The molecule has 1 heterocycles. The van der Waals surface area contributed by atoms with Crippen LogP contribution in [0.5, 0.6) is 0 Å². The molecule has 2 amide bonds. The highest BCUT2D eigenvalue weighted by molar-refractivity contribution is 5.91.